The molecule has 0 spiro atoms. The Morgan fingerprint density at radius 2 is 2.10 bits per heavy atom. The van der Waals surface area contributed by atoms with Gasteiger partial charge in [0.15, 0.2) is 0 Å². The van der Waals surface area contributed by atoms with Crippen LogP contribution in [0.15, 0.2) is 28.9 Å². The Balaban J connectivity index is 2.35. The highest BCUT2D eigenvalue weighted by atomic mass is 79.9. The van der Waals surface area contributed by atoms with E-state index >= 15 is 0 Å². The fraction of sp³-hybridized carbons (Fsp3) is 0.154. The number of nitrogen functional groups attached to an aromatic ring is 1. The Bertz CT molecular complexity index is 655. The lowest BCUT2D eigenvalue weighted by Crippen LogP contribution is -2.06. The molecule has 1 heterocycles. The fourth-order valence-corrected chi connectivity index (χ4v) is 2.68. The molecule has 0 aliphatic heterocycles. The number of hydrogen-bond donors (Lipinski definition) is 1. The summed E-state index contributed by atoms with van der Waals surface area (Å²) in [6.07, 6.45) is 0.968. The normalized spacial score (nSPS) is 12.2. The van der Waals surface area contributed by atoms with Crippen molar-refractivity contribution in [3.8, 4) is 5.75 Å². The molecule has 0 aliphatic rings. The monoisotopic (exact) mass is 378 g/mol. The highest BCUT2D eigenvalue weighted by molar-refractivity contribution is 9.10. The first-order valence-corrected chi connectivity index (χ1v) is 7.16. The smallest absolute Gasteiger partial charge is 0.142 e. The molecule has 0 bridgehead atoms. The summed E-state index contributed by atoms with van der Waals surface area (Å²) >= 11 is 15.3. The highest BCUT2D eigenvalue weighted by Crippen LogP contribution is 2.36. The van der Waals surface area contributed by atoms with Crippen molar-refractivity contribution >= 4 is 44.9 Å². The number of hydrogen-bond acceptors (Lipinski definition) is 3. The molecule has 0 amide bonds. The first-order chi connectivity index (χ1) is 9.40. The van der Waals surface area contributed by atoms with E-state index in [2.05, 4.69) is 20.9 Å². The molecule has 1 atom stereocenters. The van der Waals surface area contributed by atoms with E-state index in [1.807, 2.05) is 0 Å². The van der Waals surface area contributed by atoms with Crippen molar-refractivity contribution in [2.45, 2.75) is 13.0 Å². The van der Waals surface area contributed by atoms with Crippen LogP contribution in [0.5, 0.6) is 5.75 Å². The molecule has 1 aromatic carbocycles. The number of anilines is 1. The van der Waals surface area contributed by atoms with Gasteiger partial charge >= 0.3 is 0 Å². The van der Waals surface area contributed by atoms with Gasteiger partial charge in [-0.2, -0.15) is 0 Å². The van der Waals surface area contributed by atoms with Gasteiger partial charge in [0.2, 0.25) is 0 Å². The van der Waals surface area contributed by atoms with E-state index in [4.69, 9.17) is 33.7 Å². The lowest BCUT2D eigenvalue weighted by molar-refractivity contribution is 0.225. The molecule has 20 heavy (non-hydrogen) atoms. The fourth-order valence-electron chi connectivity index (χ4n) is 1.69. The van der Waals surface area contributed by atoms with E-state index in [1.54, 1.807) is 13.0 Å². The number of halogens is 4. The summed E-state index contributed by atoms with van der Waals surface area (Å²) in [7, 11) is 0. The van der Waals surface area contributed by atoms with Crippen LogP contribution in [0.4, 0.5) is 10.2 Å². The molecule has 0 radical (unpaired) electrons. The van der Waals surface area contributed by atoms with Crippen LogP contribution in [0.2, 0.25) is 10.0 Å². The predicted molar refractivity (Wildman–Crippen MR) is 81.8 cm³/mol. The van der Waals surface area contributed by atoms with Crippen LogP contribution < -0.4 is 10.5 Å². The molecule has 7 heteroatoms. The van der Waals surface area contributed by atoms with Crippen LogP contribution in [0.3, 0.4) is 0 Å². The Morgan fingerprint density at radius 1 is 1.40 bits per heavy atom. The average molecular weight is 380 g/mol. The van der Waals surface area contributed by atoms with Crippen LogP contribution in [0.25, 0.3) is 0 Å². The second-order valence-electron chi connectivity index (χ2n) is 4.06. The van der Waals surface area contributed by atoms with E-state index in [1.165, 1.54) is 18.3 Å². The van der Waals surface area contributed by atoms with E-state index in [-0.39, 0.29) is 5.02 Å². The van der Waals surface area contributed by atoms with Gasteiger partial charge in [-0.25, -0.2) is 9.37 Å². The predicted octanol–water partition coefficient (Wildman–Crippen LogP) is 5.01. The summed E-state index contributed by atoms with van der Waals surface area (Å²) in [5.41, 5.74) is 5.99. The molecule has 0 fully saturated rings. The Morgan fingerprint density at radius 3 is 2.80 bits per heavy atom. The van der Waals surface area contributed by atoms with Gasteiger partial charge in [0.1, 0.15) is 23.5 Å². The number of aromatic nitrogens is 1. The molecular formula is C13H10BrCl2FN2O. The third-order valence-corrected chi connectivity index (χ3v) is 3.94. The molecule has 1 unspecified atom stereocenters. The highest BCUT2D eigenvalue weighted by Gasteiger charge is 2.19. The van der Waals surface area contributed by atoms with Crippen LogP contribution in [0.1, 0.15) is 18.6 Å². The topological polar surface area (TPSA) is 48.1 Å². The number of nitrogens with zero attached hydrogens (tertiary/aromatic N) is 1. The molecule has 0 saturated heterocycles. The molecule has 106 valence electrons. The molecular weight excluding hydrogens is 370 g/mol. The standard InChI is InChI=1S/C13H10BrCl2FN2O/c1-6(12-8(15)2-3-9(17)13(12)16)20-10-4-11(18)19-5-7(10)14/h2-6H,1H3,(H2,18,19). The first-order valence-electron chi connectivity index (χ1n) is 5.61. The summed E-state index contributed by atoms with van der Waals surface area (Å²) in [4.78, 5) is 3.91. The largest absolute Gasteiger partial charge is 0.485 e. The van der Waals surface area contributed by atoms with Crippen molar-refractivity contribution in [3.05, 3.63) is 50.3 Å². The number of benzene rings is 1. The quantitative estimate of drug-likeness (QED) is 0.762. The second-order valence-corrected chi connectivity index (χ2v) is 5.70. The molecule has 0 aliphatic carbocycles. The molecule has 1 aromatic heterocycles. The zero-order valence-electron chi connectivity index (χ0n) is 10.3. The van der Waals surface area contributed by atoms with E-state index in [9.17, 15) is 4.39 Å². The van der Waals surface area contributed by atoms with Gasteiger partial charge in [0.05, 0.1) is 9.50 Å². The third-order valence-electron chi connectivity index (χ3n) is 2.63. The van der Waals surface area contributed by atoms with Gasteiger partial charge in [-0.05, 0) is 35.0 Å². The summed E-state index contributed by atoms with van der Waals surface area (Å²) in [5.74, 6) is 0.239. The van der Waals surface area contributed by atoms with Crippen molar-refractivity contribution < 1.29 is 9.13 Å². The van der Waals surface area contributed by atoms with E-state index in [0.717, 1.165) is 0 Å². The minimum atomic E-state index is -0.552. The van der Waals surface area contributed by atoms with Gasteiger partial charge in [-0.3, -0.25) is 0 Å². The SMILES string of the molecule is CC(Oc1cc(N)ncc1Br)c1c(Cl)ccc(F)c1Cl. The zero-order chi connectivity index (χ0) is 14.9. The maximum Gasteiger partial charge on any atom is 0.142 e. The molecule has 2 rings (SSSR count). The maximum absolute atomic E-state index is 13.5. The number of rotatable bonds is 3. The zero-order valence-corrected chi connectivity index (χ0v) is 13.4. The number of nitrogens with two attached hydrogens (primary N) is 1. The summed E-state index contributed by atoms with van der Waals surface area (Å²) in [6.45, 7) is 1.72. The van der Waals surface area contributed by atoms with Crippen molar-refractivity contribution in [3.63, 3.8) is 0 Å². The van der Waals surface area contributed by atoms with Crippen molar-refractivity contribution in [1.82, 2.24) is 4.98 Å². The average Bonchev–Trinajstić information content (AvgIpc) is 2.39. The maximum atomic E-state index is 13.5. The molecule has 2 aromatic rings. The lowest BCUT2D eigenvalue weighted by atomic mass is 10.1. The summed E-state index contributed by atoms with van der Waals surface area (Å²) in [6, 6.07) is 4.21. The van der Waals surface area contributed by atoms with Gasteiger partial charge in [-0.1, -0.05) is 23.2 Å². The van der Waals surface area contributed by atoms with Gasteiger partial charge in [0, 0.05) is 22.8 Å². The Hall–Kier alpha value is -1.04. The summed E-state index contributed by atoms with van der Waals surface area (Å²) < 4.78 is 19.9. The third kappa shape index (κ3) is 3.16. The summed E-state index contributed by atoms with van der Waals surface area (Å²) in [5, 5.41) is 0.283. The minimum absolute atomic E-state index is 0.0526. The van der Waals surface area contributed by atoms with Crippen molar-refractivity contribution in [2.75, 3.05) is 5.73 Å². The minimum Gasteiger partial charge on any atom is -0.485 e. The lowest BCUT2D eigenvalue weighted by Gasteiger charge is -2.19. The van der Waals surface area contributed by atoms with Gasteiger partial charge in [0.25, 0.3) is 0 Å². The van der Waals surface area contributed by atoms with Crippen LogP contribution in [0, 0.1) is 5.82 Å². The van der Waals surface area contributed by atoms with Gasteiger partial charge < -0.3 is 10.5 Å². The molecule has 0 saturated carbocycles. The van der Waals surface area contributed by atoms with Crippen molar-refractivity contribution in [1.29, 1.82) is 0 Å². The van der Waals surface area contributed by atoms with E-state index in [0.29, 0.717) is 26.6 Å². The van der Waals surface area contributed by atoms with E-state index < -0.39 is 11.9 Å². The Labute approximate surface area is 134 Å². The molecule has 3 nitrogen and oxygen atoms in total. The van der Waals surface area contributed by atoms with Crippen LogP contribution in [-0.2, 0) is 0 Å². The Kier molecular flexibility index (Phi) is 4.73. The van der Waals surface area contributed by atoms with Crippen LogP contribution in [-0.4, -0.2) is 4.98 Å². The number of ether oxygens (including phenoxy) is 1. The molecule has 2 N–H and O–H groups in total. The van der Waals surface area contributed by atoms with Gasteiger partial charge in [-0.15, -0.1) is 0 Å². The first kappa shape index (κ1) is 15.4. The van der Waals surface area contributed by atoms with Crippen LogP contribution >= 0.6 is 39.1 Å². The number of pyridine rings is 1. The van der Waals surface area contributed by atoms with Crippen molar-refractivity contribution in [2.24, 2.45) is 0 Å². The second kappa shape index (κ2) is 6.16.